The maximum atomic E-state index is 12.6. The van der Waals surface area contributed by atoms with E-state index in [1.807, 2.05) is 0 Å². The minimum atomic E-state index is -4.39. The van der Waals surface area contributed by atoms with Crippen molar-refractivity contribution in [2.75, 3.05) is 11.1 Å². The van der Waals surface area contributed by atoms with Crippen molar-refractivity contribution < 1.29 is 13.2 Å². The van der Waals surface area contributed by atoms with Crippen LogP contribution in [0.25, 0.3) is 0 Å². The smallest absolute Gasteiger partial charge is 0.382 e. The molecule has 0 atom stereocenters. The highest BCUT2D eigenvalue weighted by Gasteiger charge is 2.31. The highest BCUT2D eigenvalue weighted by molar-refractivity contribution is 5.63. The van der Waals surface area contributed by atoms with Crippen LogP contribution >= 0.6 is 0 Å². The molecule has 3 nitrogen and oxygen atoms in total. The van der Waals surface area contributed by atoms with Crippen molar-refractivity contribution >= 4 is 11.5 Å². The van der Waals surface area contributed by atoms with Crippen LogP contribution in [0.3, 0.4) is 0 Å². The second-order valence-electron chi connectivity index (χ2n) is 4.99. The topological polar surface area (TPSA) is 50.9 Å². The molecule has 0 saturated heterocycles. The first kappa shape index (κ1) is 14.0. The summed E-state index contributed by atoms with van der Waals surface area (Å²) in [5.74, 6) is 0.122. The number of rotatable bonds is 2. The first-order valence-electron chi connectivity index (χ1n) is 6.56. The van der Waals surface area contributed by atoms with E-state index in [1.165, 1.54) is 12.8 Å². The van der Waals surface area contributed by atoms with E-state index in [-0.39, 0.29) is 11.9 Å². The molecular weight excluding hydrogens is 255 g/mol. The van der Waals surface area contributed by atoms with Crippen molar-refractivity contribution in [1.29, 1.82) is 0 Å². The molecule has 0 aromatic carbocycles. The second kappa shape index (κ2) is 5.67. The van der Waals surface area contributed by atoms with Gasteiger partial charge in [0.05, 0.1) is 11.3 Å². The molecule has 2 rings (SSSR count). The number of anilines is 2. The third-order valence-corrected chi connectivity index (χ3v) is 3.46. The van der Waals surface area contributed by atoms with Crippen LogP contribution in [0.5, 0.6) is 0 Å². The fourth-order valence-electron chi connectivity index (χ4n) is 2.39. The summed E-state index contributed by atoms with van der Waals surface area (Å²) in [7, 11) is 0. The minimum absolute atomic E-state index is 0.122. The lowest BCUT2D eigenvalue weighted by Crippen LogP contribution is -2.20. The molecule has 3 N–H and O–H groups in total. The van der Waals surface area contributed by atoms with Gasteiger partial charge in [-0.05, 0) is 18.9 Å². The number of pyridine rings is 1. The maximum Gasteiger partial charge on any atom is 0.417 e. The maximum absolute atomic E-state index is 12.6. The number of halogens is 3. The van der Waals surface area contributed by atoms with Gasteiger partial charge in [0.15, 0.2) is 0 Å². The molecule has 1 aromatic rings. The first-order valence-corrected chi connectivity index (χ1v) is 6.56. The normalized spacial score (nSPS) is 18.1. The Morgan fingerprint density at radius 2 is 1.79 bits per heavy atom. The van der Waals surface area contributed by atoms with Crippen LogP contribution in [-0.2, 0) is 6.18 Å². The van der Waals surface area contributed by atoms with Crippen LogP contribution in [0.2, 0.25) is 0 Å². The molecule has 6 heteroatoms. The van der Waals surface area contributed by atoms with E-state index in [4.69, 9.17) is 5.73 Å². The van der Waals surface area contributed by atoms with Crippen LogP contribution in [-0.4, -0.2) is 11.0 Å². The zero-order valence-electron chi connectivity index (χ0n) is 10.6. The highest BCUT2D eigenvalue weighted by Crippen LogP contribution is 2.32. The molecule has 106 valence electrons. The fraction of sp³-hybridized carbons (Fsp3) is 0.615. The Bertz CT molecular complexity index is 424. The molecule has 0 bridgehead atoms. The van der Waals surface area contributed by atoms with Gasteiger partial charge >= 0.3 is 6.18 Å². The largest absolute Gasteiger partial charge is 0.417 e. The van der Waals surface area contributed by atoms with Crippen LogP contribution in [0.1, 0.15) is 44.1 Å². The lowest BCUT2D eigenvalue weighted by molar-refractivity contribution is -0.137. The van der Waals surface area contributed by atoms with Crippen molar-refractivity contribution in [2.45, 2.75) is 50.7 Å². The van der Waals surface area contributed by atoms with Gasteiger partial charge in [0.25, 0.3) is 0 Å². The molecule has 0 amide bonds. The Morgan fingerprint density at radius 3 is 2.37 bits per heavy atom. The van der Waals surface area contributed by atoms with Crippen molar-refractivity contribution in [1.82, 2.24) is 4.98 Å². The summed E-state index contributed by atoms with van der Waals surface area (Å²) < 4.78 is 37.9. The van der Waals surface area contributed by atoms with Crippen molar-refractivity contribution in [3.8, 4) is 0 Å². The van der Waals surface area contributed by atoms with Crippen molar-refractivity contribution in [3.63, 3.8) is 0 Å². The van der Waals surface area contributed by atoms with Gasteiger partial charge in [-0.2, -0.15) is 13.2 Å². The molecule has 1 heterocycles. The molecule has 0 aliphatic heterocycles. The average Bonchev–Trinajstić information content (AvgIpc) is 2.59. The summed E-state index contributed by atoms with van der Waals surface area (Å²) in [5, 5.41) is 3.11. The molecule has 1 fully saturated rings. The minimum Gasteiger partial charge on any atom is -0.382 e. The van der Waals surface area contributed by atoms with E-state index in [0.717, 1.165) is 37.9 Å². The lowest BCUT2D eigenvalue weighted by atomic mass is 10.1. The van der Waals surface area contributed by atoms with E-state index in [9.17, 15) is 13.2 Å². The monoisotopic (exact) mass is 273 g/mol. The van der Waals surface area contributed by atoms with Gasteiger partial charge in [0.1, 0.15) is 5.82 Å². The van der Waals surface area contributed by atoms with Crippen LogP contribution in [0.4, 0.5) is 24.7 Å². The average molecular weight is 273 g/mol. The molecule has 1 aliphatic carbocycles. The summed E-state index contributed by atoms with van der Waals surface area (Å²) in [6.07, 6.45) is 2.90. The van der Waals surface area contributed by atoms with Crippen LogP contribution in [0, 0.1) is 0 Å². The van der Waals surface area contributed by atoms with Crippen molar-refractivity contribution in [2.24, 2.45) is 0 Å². The molecule has 0 spiro atoms. The van der Waals surface area contributed by atoms with Gasteiger partial charge in [-0.15, -0.1) is 0 Å². The molecule has 1 aromatic heterocycles. The van der Waals surface area contributed by atoms with Gasteiger partial charge in [-0.25, -0.2) is 4.98 Å². The molecule has 0 unspecified atom stereocenters. The molecular formula is C13H18F3N3. The SMILES string of the molecule is Nc1ncc(C(F)(F)F)cc1NC1CCCCCC1. The summed E-state index contributed by atoms with van der Waals surface area (Å²) in [5.41, 5.74) is 5.18. The van der Waals surface area contributed by atoms with Crippen molar-refractivity contribution in [3.05, 3.63) is 17.8 Å². The predicted molar refractivity (Wildman–Crippen MR) is 68.8 cm³/mol. The van der Waals surface area contributed by atoms with Gasteiger partial charge in [0.2, 0.25) is 0 Å². The van der Waals surface area contributed by atoms with E-state index >= 15 is 0 Å². The standard InChI is InChI=1S/C13H18F3N3/c14-13(15,16)9-7-11(12(17)18-8-9)19-10-5-3-1-2-4-6-10/h7-8,10,19H,1-6H2,(H2,17,18). The summed E-state index contributed by atoms with van der Waals surface area (Å²) in [4.78, 5) is 3.63. The van der Waals surface area contributed by atoms with E-state index < -0.39 is 11.7 Å². The van der Waals surface area contributed by atoms with E-state index in [1.54, 1.807) is 0 Å². The second-order valence-corrected chi connectivity index (χ2v) is 4.99. The zero-order valence-corrected chi connectivity index (χ0v) is 10.6. The summed E-state index contributed by atoms with van der Waals surface area (Å²) >= 11 is 0. The molecule has 1 saturated carbocycles. The number of nitrogen functional groups attached to an aromatic ring is 1. The van der Waals surface area contributed by atoms with Gasteiger partial charge in [0, 0.05) is 12.2 Å². The quantitative estimate of drug-likeness (QED) is 0.805. The number of hydrogen-bond acceptors (Lipinski definition) is 3. The third kappa shape index (κ3) is 3.75. The number of alkyl halides is 3. The fourth-order valence-corrected chi connectivity index (χ4v) is 2.39. The van der Waals surface area contributed by atoms with Gasteiger partial charge in [-0.3, -0.25) is 0 Å². The highest BCUT2D eigenvalue weighted by atomic mass is 19.4. The lowest BCUT2D eigenvalue weighted by Gasteiger charge is -2.19. The van der Waals surface area contributed by atoms with Gasteiger partial charge in [-0.1, -0.05) is 25.7 Å². The number of aromatic nitrogens is 1. The van der Waals surface area contributed by atoms with Crippen LogP contribution in [0.15, 0.2) is 12.3 Å². The Labute approximate surface area is 110 Å². The summed E-state index contributed by atoms with van der Waals surface area (Å²) in [6.45, 7) is 0. The Balaban J connectivity index is 2.14. The van der Waals surface area contributed by atoms with Crippen LogP contribution < -0.4 is 11.1 Å². The van der Waals surface area contributed by atoms with E-state index in [2.05, 4.69) is 10.3 Å². The Morgan fingerprint density at radius 1 is 1.16 bits per heavy atom. The number of nitrogens with one attached hydrogen (secondary N) is 1. The number of nitrogens with two attached hydrogens (primary N) is 1. The third-order valence-electron chi connectivity index (χ3n) is 3.46. The number of nitrogens with zero attached hydrogens (tertiary/aromatic N) is 1. The Hall–Kier alpha value is -1.46. The Kier molecular flexibility index (Phi) is 4.17. The predicted octanol–water partition coefficient (Wildman–Crippen LogP) is 3.82. The molecule has 19 heavy (non-hydrogen) atoms. The molecule has 1 aliphatic rings. The zero-order chi connectivity index (χ0) is 13.9. The van der Waals surface area contributed by atoms with E-state index in [0.29, 0.717) is 5.69 Å². The molecule has 0 radical (unpaired) electrons. The number of hydrogen-bond donors (Lipinski definition) is 2. The van der Waals surface area contributed by atoms with Gasteiger partial charge < -0.3 is 11.1 Å². The first-order chi connectivity index (χ1) is 8.97. The summed E-state index contributed by atoms with van der Waals surface area (Å²) in [6, 6.07) is 1.24.